The van der Waals surface area contributed by atoms with Crippen LogP contribution in [0, 0.1) is 0 Å². The first kappa shape index (κ1) is 24.4. The zero-order valence-electron chi connectivity index (χ0n) is 19.7. The lowest BCUT2D eigenvalue weighted by Crippen LogP contribution is -2.46. The van der Waals surface area contributed by atoms with Crippen molar-refractivity contribution < 1.29 is 14.3 Å². The molecule has 2 saturated heterocycles. The molecule has 1 aromatic heterocycles. The molecule has 3 aliphatic rings. The summed E-state index contributed by atoms with van der Waals surface area (Å²) in [5.41, 5.74) is 1.21. The summed E-state index contributed by atoms with van der Waals surface area (Å²) < 4.78 is 10.9. The Labute approximate surface area is 215 Å². The van der Waals surface area contributed by atoms with Crippen LogP contribution in [-0.2, 0) is 11.3 Å². The maximum Gasteiger partial charge on any atom is 0.231 e. The Balaban J connectivity index is 1.08. The van der Waals surface area contributed by atoms with Crippen molar-refractivity contribution in [1.82, 2.24) is 25.1 Å². The van der Waals surface area contributed by atoms with E-state index in [0.717, 1.165) is 69.7 Å². The first-order valence-electron chi connectivity index (χ1n) is 12.1. The molecule has 0 atom stereocenters. The standard InChI is InChI=1S/C24H31ClN6O3S/c25-21-14-22(28-24(27-21)35-16-23(32)26-5-8-29-6-1-2-7-29)31-11-9-30(10-12-31)15-18-3-4-19-20(13-18)34-17-33-19/h3-4,13-14H,1-2,5-12,15-17H2,(H,26,32). The van der Waals surface area contributed by atoms with Gasteiger partial charge in [0, 0.05) is 51.9 Å². The van der Waals surface area contributed by atoms with E-state index >= 15 is 0 Å². The molecule has 0 bridgehead atoms. The van der Waals surface area contributed by atoms with E-state index in [1.807, 2.05) is 6.07 Å². The Hall–Kier alpha value is -2.27. The maximum atomic E-state index is 12.2. The van der Waals surface area contributed by atoms with Crippen molar-refractivity contribution in [2.75, 3.05) is 69.8 Å². The van der Waals surface area contributed by atoms with Gasteiger partial charge in [-0.3, -0.25) is 9.69 Å². The van der Waals surface area contributed by atoms with Crippen molar-refractivity contribution >= 4 is 35.1 Å². The summed E-state index contributed by atoms with van der Waals surface area (Å²) in [6, 6.07) is 7.93. The molecule has 0 unspecified atom stereocenters. The van der Waals surface area contributed by atoms with Crippen LogP contribution in [0.15, 0.2) is 29.4 Å². The zero-order valence-corrected chi connectivity index (χ0v) is 21.3. The number of likely N-dealkylation sites (tertiary alicyclic amines) is 1. The third-order valence-corrected chi connectivity index (χ3v) is 7.52. The van der Waals surface area contributed by atoms with E-state index < -0.39 is 0 Å². The van der Waals surface area contributed by atoms with Gasteiger partial charge in [-0.1, -0.05) is 29.4 Å². The summed E-state index contributed by atoms with van der Waals surface area (Å²) in [5, 5.41) is 3.92. The Morgan fingerprint density at radius 3 is 2.63 bits per heavy atom. The minimum atomic E-state index is -0.00328. The molecular formula is C24H31ClN6O3S. The molecule has 1 aromatic carbocycles. The van der Waals surface area contributed by atoms with E-state index in [4.69, 9.17) is 21.1 Å². The third-order valence-electron chi connectivity index (χ3n) is 6.48. The molecule has 0 radical (unpaired) electrons. The number of aromatic nitrogens is 2. The maximum absolute atomic E-state index is 12.2. The van der Waals surface area contributed by atoms with Gasteiger partial charge in [0.15, 0.2) is 16.7 Å². The van der Waals surface area contributed by atoms with E-state index in [9.17, 15) is 4.79 Å². The van der Waals surface area contributed by atoms with E-state index in [1.165, 1.54) is 30.2 Å². The quantitative estimate of drug-likeness (QED) is 0.306. The number of nitrogens with zero attached hydrogens (tertiary/aromatic N) is 5. The third kappa shape index (κ3) is 6.69. The van der Waals surface area contributed by atoms with Crippen LogP contribution in [0.3, 0.4) is 0 Å². The second kappa shape index (κ2) is 11.6. The van der Waals surface area contributed by atoms with Gasteiger partial charge >= 0.3 is 0 Å². The van der Waals surface area contributed by atoms with Gasteiger partial charge in [-0.05, 0) is 43.6 Å². The molecule has 3 aliphatic heterocycles. The van der Waals surface area contributed by atoms with Crippen LogP contribution < -0.4 is 19.7 Å². The summed E-state index contributed by atoms with van der Waals surface area (Å²) in [4.78, 5) is 28.3. The molecule has 1 N–H and O–H groups in total. The number of piperazine rings is 1. The van der Waals surface area contributed by atoms with Gasteiger partial charge in [-0.25, -0.2) is 9.97 Å². The number of thioether (sulfide) groups is 1. The van der Waals surface area contributed by atoms with Gasteiger partial charge < -0.3 is 24.6 Å². The first-order chi connectivity index (χ1) is 17.1. The van der Waals surface area contributed by atoms with Crippen LogP contribution in [0.25, 0.3) is 0 Å². The zero-order chi connectivity index (χ0) is 24.0. The summed E-state index contributed by atoms with van der Waals surface area (Å²) in [6.07, 6.45) is 2.51. The van der Waals surface area contributed by atoms with Gasteiger partial charge in [0.05, 0.1) is 5.75 Å². The molecular weight excluding hydrogens is 488 g/mol. The molecule has 1 amide bonds. The number of hydrogen-bond donors (Lipinski definition) is 1. The van der Waals surface area contributed by atoms with Crippen LogP contribution in [0.2, 0.25) is 5.15 Å². The number of benzene rings is 1. The minimum Gasteiger partial charge on any atom is -0.454 e. The molecule has 0 saturated carbocycles. The summed E-state index contributed by atoms with van der Waals surface area (Å²) >= 11 is 7.62. The second-order valence-electron chi connectivity index (χ2n) is 8.97. The van der Waals surface area contributed by atoms with Gasteiger partial charge in [0.25, 0.3) is 0 Å². The Bertz CT molecular complexity index is 1030. The fraction of sp³-hybridized carbons (Fsp3) is 0.542. The normalized spacial score (nSPS) is 18.3. The van der Waals surface area contributed by atoms with E-state index in [2.05, 4.69) is 42.1 Å². The van der Waals surface area contributed by atoms with Crippen molar-refractivity contribution in [1.29, 1.82) is 0 Å². The molecule has 4 heterocycles. The largest absolute Gasteiger partial charge is 0.454 e. The summed E-state index contributed by atoms with van der Waals surface area (Å²) in [6.45, 7) is 8.54. The number of carbonyl (C=O) groups is 1. The first-order valence-corrected chi connectivity index (χ1v) is 13.5. The predicted octanol–water partition coefficient (Wildman–Crippen LogP) is 2.49. The van der Waals surface area contributed by atoms with E-state index in [-0.39, 0.29) is 11.7 Å². The number of hydrogen-bond acceptors (Lipinski definition) is 9. The van der Waals surface area contributed by atoms with Gasteiger partial charge in [-0.2, -0.15) is 0 Å². The number of halogens is 1. The highest BCUT2D eigenvalue weighted by Gasteiger charge is 2.21. The average Bonchev–Trinajstić information content (AvgIpc) is 3.55. The highest BCUT2D eigenvalue weighted by Crippen LogP contribution is 2.33. The Kier molecular flexibility index (Phi) is 8.13. The van der Waals surface area contributed by atoms with Gasteiger partial charge in [0.1, 0.15) is 11.0 Å². The van der Waals surface area contributed by atoms with E-state index in [0.29, 0.717) is 23.6 Å². The lowest BCUT2D eigenvalue weighted by molar-refractivity contribution is -0.118. The Morgan fingerprint density at radius 2 is 1.80 bits per heavy atom. The molecule has 9 nitrogen and oxygen atoms in total. The summed E-state index contributed by atoms with van der Waals surface area (Å²) in [5.74, 6) is 2.72. The SMILES string of the molecule is O=C(CSc1nc(Cl)cc(N2CCN(Cc3ccc4c(c3)OCO4)CC2)n1)NCCN1CCCC1. The number of nitrogens with one attached hydrogen (secondary N) is 1. The minimum absolute atomic E-state index is 0.00328. The topological polar surface area (TPSA) is 83.1 Å². The number of amides is 1. The van der Waals surface area contributed by atoms with Crippen molar-refractivity contribution in [2.24, 2.45) is 0 Å². The van der Waals surface area contributed by atoms with Gasteiger partial charge in [0.2, 0.25) is 12.7 Å². The number of anilines is 1. The molecule has 11 heteroatoms. The molecule has 2 fully saturated rings. The van der Waals surface area contributed by atoms with Crippen LogP contribution in [-0.4, -0.2) is 90.6 Å². The number of rotatable bonds is 9. The van der Waals surface area contributed by atoms with Crippen LogP contribution in [0.4, 0.5) is 5.82 Å². The molecule has 0 aliphatic carbocycles. The second-order valence-corrected chi connectivity index (χ2v) is 10.3. The monoisotopic (exact) mass is 518 g/mol. The number of carbonyl (C=O) groups excluding carboxylic acids is 1. The van der Waals surface area contributed by atoms with Crippen LogP contribution >= 0.6 is 23.4 Å². The molecule has 2 aromatic rings. The van der Waals surface area contributed by atoms with Gasteiger partial charge in [-0.15, -0.1) is 0 Å². The fourth-order valence-electron chi connectivity index (χ4n) is 4.59. The Morgan fingerprint density at radius 1 is 1.00 bits per heavy atom. The lowest BCUT2D eigenvalue weighted by atomic mass is 10.1. The average molecular weight is 519 g/mol. The van der Waals surface area contributed by atoms with Crippen molar-refractivity contribution in [3.63, 3.8) is 0 Å². The van der Waals surface area contributed by atoms with Crippen molar-refractivity contribution in [3.05, 3.63) is 35.0 Å². The smallest absolute Gasteiger partial charge is 0.231 e. The highest BCUT2D eigenvalue weighted by atomic mass is 35.5. The molecule has 188 valence electrons. The predicted molar refractivity (Wildman–Crippen MR) is 137 cm³/mol. The van der Waals surface area contributed by atoms with Crippen molar-refractivity contribution in [3.8, 4) is 11.5 Å². The molecule has 35 heavy (non-hydrogen) atoms. The molecule has 5 rings (SSSR count). The number of ether oxygens (including phenoxy) is 2. The molecule has 0 spiro atoms. The fourth-order valence-corrected chi connectivity index (χ4v) is 5.50. The van der Waals surface area contributed by atoms with Crippen LogP contribution in [0.5, 0.6) is 11.5 Å². The van der Waals surface area contributed by atoms with E-state index in [1.54, 1.807) is 6.07 Å². The summed E-state index contributed by atoms with van der Waals surface area (Å²) in [7, 11) is 0. The number of fused-ring (bicyclic) bond motifs is 1. The highest BCUT2D eigenvalue weighted by molar-refractivity contribution is 7.99. The van der Waals surface area contributed by atoms with Crippen molar-refractivity contribution in [2.45, 2.75) is 24.5 Å². The lowest BCUT2D eigenvalue weighted by Gasteiger charge is -2.35. The van der Waals surface area contributed by atoms with Crippen LogP contribution in [0.1, 0.15) is 18.4 Å².